The van der Waals surface area contributed by atoms with Gasteiger partial charge in [-0.05, 0) is 26.0 Å². The smallest absolute Gasteiger partial charge is 0.119 e. The van der Waals surface area contributed by atoms with Gasteiger partial charge in [-0.15, -0.1) is 0 Å². The largest absolute Gasteiger partial charge is 0.491 e. The number of β-amino-alcohol motifs (C(OH)–C–C–N with tert-alkyl or cyclic N) is 1. The van der Waals surface area contributed by atoms with E-state index in [0.29, 0.717) is 13.2 Å². The Bertz CT molecular complexity index is 379. The molecule has 1 aromatic carbocycles. The maximum absolute atomic E-state index is 10.00. The number of aliphatic hydroxyl groups is 1. The summed E-state index contributed by atoms with van der Waals surface area (Å²) in [5, 5.41) is 10.00. The van der Waals surface area contributed by atoms with Crippen molar-refractivity contribution in [2.75, 3.05) is 32.8 Å². The Balaban J connectivity index is 1.72. The molecule has 1 saturated heterocycles. The molecule has 0 aliphatic carbocycles. The van der Waals surface area contributed by atoms with E-state index >= 15 is 0 Å². The highest BCUT2D eigenvalue weighted by molar-refractivity contribution is 5.26. The molecule has 106 valence electrons. The van der Waals surface area contributed by atoms with E-state index in [9.17, 15) is 5.11 Å². The van der Waals surface area contributed by atoms with E-state index in [1.54, 1.807) is 0 Å². The van der Waals surface area contributed by atoms with E-state index in [1.165, 1.54) is 5.56 Å². The van der Waals surface area contributed by atoms with Crippen LogP contribution in [0.25, 0.3) is 0 Å². The number of rotatable bonds is 5. The fraction of sp³-hybridized carbons (Fsp3) is 0.600. The number of aryl methyl sites for hydroxylation is 1. The van der Waals surface area contributed by atoms with Gasteiger partial charge in [-0.25, -0.2) is 0 Å². The van der Waals surface area contributed by atoms with Crippen LogP contribution >= 0.6 is 0 Å². The fourth-order valence-electron chi connectivity index (χ4n) is 2.23. The van der Waals surface area contributed by atoms with Crippen molar-refractivity contribution in [2.45, 2.75) is 26.1 Å². The van der Waals surface area contributed by atoms with Gasteiger partial charge in [0.2, 0.25) is 0 Å². The number of morpholine rings is 1. The Morgan fingerprint density at radius 1 is 1.42 bits per heavy atom. The Kier molecular flexibility index (Phi) is 5.19. The third-order valence-electron chi connectivity index (χ3n) is 3.26. The summed E-state index contributed by atoms with van der Waals surface area (Å²) in [7, 11) is 0. The third-order valence-corrected chi connectivity index (χ3v) is 3.26. The summed E-state index contributed by atoms with van der Waals surface area (Å²) >= 11 is 0. The first-order chi connectivity index (χ1) is 9.13. The van der Waals surface area contributed by atoms with Gasteiger partial charge in [0.05, 0.1) is 12.7 Å². The molecule has 0 spiro atoms. The minimum Gasteiger partial charge on any atom is -0.491 e. The van der Waals surface area contributed by atoms with E-state index in [2.05, 4.69) is 11.8 Å². The van der Waals surface area contributed by atoms with E-state index < -0.39 is 6.10 Å². The molecule has 0 radical (unpaired) electrons. The quantitative estimate of drug-likeness (QED) is 0.875. The molecule has 19 heavy (non-hydrogen) atoms. The molecule has 0 amide bonds. The van der Waals surface area contributed by atoms with Crippen LogP contribution < -0.4 is 4.74 Å². The van der Waals surface area contributed by atoms with Crippen LogP contribution in [0.5, 0.6) is 5.75 Å². The number of ether oxygens (including phenoxy) is 2. The highest BCUT2D eigenvalue weighted by Gasteiger charge is 2.19. The Hall–Kier alpha value is -1.10. The number of aliphatic hydroxyl groups excluding tert-OH is 1. The molecule has 1 heterocycles. The van der Waals surface area contributed by atoms with Crippen molar-refractivity contribution in [3.8, 4) is 5.75 Å². The van der Waals surface area contributed by atoms with E-state index in [4.69, 9.17) is 9.47 Å². The predicted molar refractivity (Wildman–Crippen MR) is 74.5 cm³/mol. The van der Waals surface area contributed by atoms with Crippen molar-refractivity contribution in [2.24, 2.45) is 0 Å². The van der Waals surface area contributed by atoms with Crippen molar-refractivity contribution in [3.63, 3.8) is 0 Å². The molecule has 0 aromatic heterocycles. The van der Waals surface area contributed by atoms with Gasteiger partial charge in [-0.1, -0.05) is 17.7 Å². The maximum atomic E-state index is 10.00. The molecule has 4 nitrogen and oxygen atoms in total. The minimum absolute atomic E-state index is 0.249. The second-order valence-corrected chi connectivity index (χ2v) is 5.22. The van der Waals surface area contributed by atoms with Crippen LogP contribution in [-0.2, 0) is 4.74 Å². The average Bonchev–Trinajstić information content (AvgIpc) is 2.38. The van der Waals surface area contributed by atoms with E-state index in [-0.39, 0.29) is 6.10 Å². The highest BCUT2D eigenvalue weighted by Crippen LogP contribution is 2.12. The topological polar surface area (TPSA) is 41.9 Å². The van der Waals surface area contributed by atoms with Crippen LogP contribution in [-0.4, -0.2) is 55.1 Å². The van der Waals surface area contributed by atoms with Crippen LogP contribution in [0.3, 0.4) is 0 Å². The SMILES string of the molecule is Cc1ccc(OC[C@@H](O)CN2CCO[C@H](C)C2)cc1. The van der Waals surface area contributed by atoms with Crippen LogP contribution in [0.4, 0.5) is 0 Å². The first kappa shape index (κ1) is 14.3. The van der Waals surface area contributed by atoms with Crippen LogP contribution in [0, 0.1) is 6.92 Å². The van der Waals surface area contributed by atoms with Crippen LogP contribution in [0.1, 0.15) is 12.5 Å². The Morgan fingerprint density at radius 2 is 2.16 bits per heavy atom. The van der Waals surface area contributed by atoms with Crippen molar-refractivity contribution in [1.82, 2.24) is 4.90 Å². The second-order valence-electron chi connectivity index (χ2n) is 5.22. The van der Waals surface area contributed by atoms with Gasteiger partial charge >= 0.3 is 0 Å². The lowest BCUT2D eigenvalue weighted by molar-refractivity contribution is -0.0361. The summed E-state index contributed by atoms with van der Waals surface area (Å²) < 4.78 is 11.1. The van der Waals surface area contributed by atoms with Crippen molar-refractivity contribution in [3.05, 3.63) is 29.8 Å². The van der Waals surface area contributed by atoms with Gasteiger partial charge in [-0.3, -0.25) is 4.90 Å². The molecule has 0 saturated carbocycles. The molecule has 0 unspecified atom stereocenters. The molecular formula is C15H23NO3. The lowest BCUT2D eigenvalue weighted by Gasteiger charge is -2.32. The Morgan fingerprint density at radius 3 is 2.84 bits per heavy atom. The van der Waals surface area contributed by atoms with Crippen molar-refractivity contribution < 1.29 is 14.6 Å². The van der Waals surface area contributed by atoms with Crippen molar-refractivity contribution in [1.29, 1.82) is 0 Å². The molecular weight excluding hydrogens is 242 g/mol. The van der Waals surface area contributed by atoms with E-state index in [0.717, 1.165) is 25.4 Å². The Labute approximate surface area is 114 Å². The molecule has 1 aromatic rings. The van der Waals surface area contributed by atoms with Crippen LogP contribution in [0.15, 0.2) is 24.3 Å². The van der Waals surface area contributed by atoms with Crippen molar-refractivity contribution >= 4 is 0 Å². The average molecular weight is 265 g/mol. The monoisotopic (exact) mass is 265 g/mol. The minimum atomic E-state index is -0.466. The second kappa shape index (κ2) is 6.89. The number of benzene rings is 1. The first-order valence-corrected chi connectivity index (χ1v) is 6.85. The maximum Gasteiger partial charge on any atom is 0.119 e. The number of hydrogen-bond donors (Lipinski definition) is 1. The summed E-state index contributed by atoms with van der Waals surface area (Å²) in [6.07, 6.45) is -0.217. The summed E-state index contributed by atoms with van der Waals surface area (Å²) in [6.45, 7) is 7.56. The zero-order chi connectivity index (χ0) is 13.7. The lowest BCUT2D eigenvalue weighted by atomic mass is 10.2. The van der Waals surface area contributed by atoms with Gasteiger partial charge in [0.25, 0.3) is 0 Å². The third kappa shape index (κ3) is 4.82. The zero-order valence-corrected chi connectivity index (χ0v) is 11.7. The number of hydrogen-bond acceptors (Lipinski definition) is 4. The highest BCUT2D eigenvalue weighted by atomic mass is 16.5. The molecule has 1 aliphatic heterocycles. The van der Waals surface area contributed by atoms with Gasteiger partial charge < -0.3 is 14.6 Å². The van der Waals surface area contributed by atoms with Gasteiger partial charge in [0.15, 0.2) is 0 Å². The summed E-state index contributed by atoms with van der Waals surface area (Å²) in [5.74, 6) is 0.806. The summed E-state index contributed by atoms with van der Waals surface area (Å²) in [5.41, 5.74) is 1.20. The standard InChI is InChI=1S/C15H23NO3/c1-12-3-5-15(6-4-12)19-11-14(17)10-16-7-8-18-13(2)9-16/h3-6,13-14,17H,7-11H2,1-2H3/t13-,14+/m1/s1. The van der Waals surface area contributed by atoms with Gasteiger partial charge in [0.1, 0.15) is 18.5 Å². The fourth-order valence-corrected chi connectivity index (χ4v) is 2.23. The molecule has 2 rings (SSSR count). The lowest BCUT2D eigenvalue weighted by Crippen LogP contribution is -2.45. The number of nitrogens with zero attached hydrogens (tertiary/aromatic N) is 1. The molecule has 1 aliphatic rings. The molecule has 1 fully saturated rings. The normalized spacial score (nSPS) is 22.2. The molecule has 4 heteroatoms. The molecule has 2 atom stereocenters. The van der Waals surface area contributed by atoms with Crippen LogP contribution in [0.2, 0.25) is 0 Å². The summed E-state index contributed by atoms with van der Waals surface area (Å²) in [6, 6.07) is 7.87. The van der Waals surface area contributed by atoms with Gasteiger partial charge in [0, 0.05) is 19.6 Å². The molecule has 1 N–H and O–H groups in total. The van der Waals surface area contributed by atoms with Gasteiger partial charge in [-0.2, -0.15) is 0 Å². The zero-order valence-electron chi connectivity index (χ0n) is 11.7. The summed E-state index contributed by atoms with van der Waals surface area (Å²) in [4.78, 5) is 2.22. The predicted octanol–water partition coefficient (Wildman–Crippen LogP) is 1.46. The first-order valence-electron chi connectivity index (χ1n) is 6.85. The van der Waals surface area contributed by atoms with E-state index in [1.807, 2.05) is 31.2 Å². The molecule has 0 bridgehead atoms.